The number of hydrogen-bond donors (Lipinski definition) is 1. The van der Waals surface area contributed by atoms with Gasteiger partial charge < -0.3 is 9.80 Å². The number of unbranched alkanes of at least 4 members (excludes halogenated alkanes) is 1. The fraction of sp³-hybridized carbons (Fsp3) is 0.941. The predicted molar refractivity (Wildman–Crippen MR) is 89.2 cm³/mol. The molecule has 0 aromatic heterocycles. The van der Waals surface area contributed by atoms with Crippen molar-refractivity contribution >= 4 is 5.91 Å². The molecular formula is C17H35N3O. The lowest BCUT2D eigenvalue weighted by molar-refractivity contribution is -0.133. The summed E-state index contributed by atoms with van der Waals surface area (Å²) in [7, 11) is 0. The van der Waals surface area contributed by atoms with Crippen LogP contribution in [-0.4, -0.2) is 53.6 Å². The summed E-state index contributed by atoms with van der Waals surface area (Å²) >= 11 is 0. The maximum absolute atomic E-state index is 12.8. The molecule has 0 radical (unpaired) electrons. The predicted octanol–water partition coefficient (Wildman–Crippen LogP) is 2.69. The van der Waals surface area contributed by atoms with Gasteiger partial charge in [-0.2, -0.15) is 0 Å². The second-order valence-corrected chi connectivity index (χ2v) is 6.63. The number of amides is 1. The van der Waals surface area contributed by atoms with Crippen LogP contribution in [0.2, 0.25) is 0 Å². The lowest BCUT2D eigenvalue weighted by Gasteiger charge is -2.35. The number of carbonyl (C=O) groups excluding carboxylic acids is 1. The first-order valence-electron chi connectivity index (χ1n) is 8.76. The molecule has 1 saturated heterocycles. The molecule has 124 valence electrons. The Kier molecular flexibility index (Phi) is 7.67. The van der Waals surface area contributed by atoms with Gasteiger partial charge in [-0.3, -0.25) is 10.1 Å². The number of carbonyl (C=O) groups is 1. The topological polar surface area (TPSA) is 35.6 Å². The summed E-state index contributed by atoms with van der Waals surface area (Å²) in [4.78, 5) is 17.3. The van der Waals surface area contributed by atoms with E-state index in [1.165, 1.54) is 0 Å². The molecule has 0 aromatic carbocycles. The fourth-order valence-corrected chi connectivity index (χ4v) is 3.24. The summed E-state index contributed by atoms with van der Waals surface area (Å²) in [6, 6.07) is 0.292. The molecule has 0 aromatic rings. The molecule has 1 fully saturated rings. The van der Waals surface area contributed by atoms with E-state index in [2.05, 4.69) is 56.7 Å². The van der Waals surface area contributed by atoms with Crippen LogP contribution < -0.4 is 5.32 Å². The first kappa shape index (κ1) is 18.4. The third kappa shape index (κ3) is 4.68. The maximum Gasteiger partial charge on any atom is 0.241 e. The van der Waals surface area contributed by atoms with E-state index in [1.807, 2.05) is 0 Å². The van der Waals surface area contributed by atoms with E-state index in [0.717, 1.165) is 38.9 Å². The zero-order valence-corrected chi connectivity index (χ0v) is 14.9. The smallest absolute Gasteiger partial charge is 0.241 e. The highest BCUT2D eigenvalue weighted by Crippen LogP contribution is 2.23. The van der Waals surface area contributed by atoms with Gasteiger partial charge in [0.05, 0.1) is 12.2 Å². The molecule has 1 aliphatic rings. The van der Waals surface area contributed by atoms with Crippen LogP contribution in [0.15, 0.2) is 0 Å². The number of likely N-dealkylation sites (N-methyl/N-ethyl adjacent to an activating group) is 1. The second kappa shape index (κ2) is 8.74. The molecule has 4 heteroatoms. The van der Waals surface area contributed by atoms with E-state index >= 15 is 0 Å². The second-order valence-electron chi connectivity index (χ2n) is 6.63. The first-order chi connectivity index (χ1) is 9.96. The SMILES string of the molecule is CCCCC1NC(C(C)C)N(C(C)CN(CC)CC)C1=O. The lowest BCUT2D eigenvalue weighted by atomic mass is 10.1. The van der Waals surface area contributed by atoms with Gasteiger partial charge >= 0.3 is 0 Å². The van der Waals surface area contributed by atoms with Crippen LogP contribution in [0.25, 0.3) is 0 Å². The molecule has 21 heavy (non-hydrogen) atoms. The van der Waals surface area contributed by atoms with Gasteiger partial charge in [0.1, 0.15) is 0 Å². The molecule has 3 unspecified atom stereocenters. The normalized spacial score (nSPS) is 24.4. The summed E-state index contributed by atoms with van der Waals surface area (Å²) < 4.78 is 0. The van der Waals surface area contributed by atoms with Crippen LogP contribution in [-0.2, 0) is 4.79 Å². The van der Waals surface area contributed by atoms with Crippen molar-refractivity contribution in [3.63, 3.8) is 0 Å². The maximum atomic E-state index is 12.8. The molecule has 3 atom stereocenters. The third-order valence-corrected chi connectivity index (χ3v) is 4.59. The van der Waals surface area contributed by atoms with Gasteiger partial charge in [-0.25, -0.2) is 0 Å². The molecule has 0 aliphatic carbocycles. The van der Waals surface area contributed by atoms with E-state index in [4.69, 9.17) is 0 Å². The van der Waals surface area contributed by atoms with Gasteiger partial charge in [-0.1, -0.05) is 47.5 Å². The van der Waals surface area contributed by atoms with Gasteiger partial charge in [0, 0.05) is 12.6 Å². The Balaban J connectivity index is 2.77. The van der Waals surface area contributed by atoms with E-state index in [9.17, 15) is 4.79 Å². The van der Waals surface area contributed by atoms with Crippen molar-refractivity contribution in [1.29, 1.82) is 0 Å². The highest BCUT2D eigenvalue weighted by molar-refractivity contribution is 5.84. The summed E-state index contributed by atoms with van der Waals surface area (Å²) in [5.74, 6) is 0.751. The van der Waals surface area contributed by atoms with Crippen molar-refractivity contribution in [2.75, 3.05) is 19.6 Å². The average Bonchev–Trinajstić information content (AvgIpc) is 2.79. The van der Waals surface area contributed by atoms with Crippen molar-refractivity contribution in [2.24, 2.45) is 5.92 Å². The van der Waals surface area contributed by atoms with Crippen LogP contribution in [0.1, 0.15) is 60.8 Å². The Morgan fingerprint density at radius 3 is 2.29 bits per heavy atom. The number of hydrogen-bond acceptors (Lipinski definition) is 3. The Morgan fingerprint density at radius 2 is 1.81 bits per heavy atom. The van der Waals surface area contributed by atoms with Crippen LogP contribution in [0.5, 0.6) is 0 Å². The van der Waals surface area contributed by atoms with Crippen molar-refractivity contribution < 1.29 is 4.79 Å². The first-order valence-corrected chi connectivity index (χ1v) is 8.76. The van der Waals surface area contributed by atoms with Crippen LogP contribution in [0, 0.1) is 5.92 Å². The zero-order chi connectivity index (χ0) is 16.0. The van der Waals surface area contributed by atoms with Gasteiger partial charge in [-0.15, -0.1) is 0 Å². The van der Waals surface area contributed by atoms with Crippen molar-refractivity contribution in [3.8, 4) is 0 Å². The monoisotopic (exact) mass is 297 g/mol. The van der Waals surface area contributed by atoms with Gasteiger partial charge in [0.25, 0.3) is 0 Å². The Bertz CT molecular complexity index is 315. The minimum atomic E-state index is 0.0245. The largest absolute Gasteiger partial charge is 0.322 e. The van der Waals surface area contributed by atoms with Crippen LogP contribution in [0.3, 0.4) is 0 Å². The number of nitrogens with one attached hydrogen (secondary N) is 1. The quantitative estimate of drug-likeness (QED) is 0.711. The molecule has 1 rings (SSSR count). The Morgan fingerprint density at radius 1 is 1.19 bits per heavy atom. The molecular weight excluding hydrogens is 262 g/mol. The average molecular weight is 297 g/mol. The molecule has 0 bridgehead atoms. The Hall–Kier alpha value is -0.610. The molecule has 0 spiro atoms. The number of nitrogens with zero attached hydrogens (tertiary/aromatic N) is 2. The molecule has 4 nitrogen and oxygen atoms in total. The van der Waals surface area contributed by atoms with Crippen LogP contribution in [0.4, 0.5) is 0 Å². The zero-order valence-electron chi connectivity index (χ0n) is 14.9. The summed E-state index contributed by atoms with van der Waals surface area (Å²) in [6.45, 7) is 16.2. The summed E-state index contributed by atoms with van der Waals surface area (Å²) in [5, 5.41) is 3.57. The van der Waals surface area contributed by atoms with Crippen molar-refractivity contribution in [2.45, 2.75) is 79.1 Å². The molecule has 0 saturated carbocycles. The highest BCUT2D eigenvalue weighted by atomic mass is 16.2. The fourth-order valence-electron chi connectivity index (χ4n) is 3.24. The highest BCUT2D eigenvalue weighted by Gasteiger charge is 2.42. The van der Waals surface area contributed by atoms with Crippen LogP contribution >= 0.6 is 0 Å². The van der Waals surface area contributed by atoms with Gasteiger partial charge in [0.2, 0.25) is 5.91 Å². The van der Waals surface area contributed by atoms with Crippen molar-refractivity contribution in [3.05, 3.63) is 0 Å². The molecule has 1 aliphatic heterocycles. The molecule has 1 heterocycles. The third-order valence-electron chi connectivity index (χ3n) is 4.59. The number of rotatable bonds is 9. The van der Waals surface area contributed by atoms with E-state index in [1.54, 1.807) is 0 Å². The van der Waals surface area contributed by atoms with E-state index in [-0.39, 0.29) is 18.2 Å². The lowest BCUT2D eigenvalue weighted by Crippen LogP contribution is -2.50. The standard InChI is InChI=1S/C17H35N3O/c1-7-10-11-15-17(21)20(16(18-15)13(4)5)14(6)12-19(8-2)9-3/h13-16,18H,7-12H2,1-6H3. The molecule has 1 N–H and O–H groups in total. The van der Waals surface area contributed by atoms with Gasteiger partial charge in [-0.05, 0) is 32.4 Å². The summed E-state index contributed by atoms with van der Waals surface area (Å²) in [6.07, 6.45) is 3.41. The van der Waals surface area contributed by atoms with Crippen molar-refractivity contribution in [1.82, 2.24) is 15.1 Å². The minimum Gasteiger partial charge on any atom is -0.322 e. The molecule has 1 amide bonds. The van der Waals surface area contributed by atoms with E-state index < -0.39 is 0 Å². The Labute approximate surface area is 131 Å². The summed E-state index contributed by atoms with van der Waals surface area (Å²) in [5.41, 5.74) is 0. The van der Waals surface area contributed by atoms with Gasteiger partial charge in [0.15, 0.2) is 0 Å². The van der Waals surface area contributed by atoms with E-state index in [0.29, 0.717) is 11.8 Å². The minimum absolute atomic E-state index is 0.0245.